The lowest BCUT2D eigenvalue weighted by Crippen LogP contribution is -2.49. The van der Waals surface area contributed by atoms with Crippen molar-refractivity contribution >= 4 is 11.6 Å². The van der Waals surface area contributed by atoms with Crippen LogP contribution in [0.2, 0.25) is 0 Å². The summed E-state index contributed by atoms with van der Waals surface area (Å²) >= 11 is 0. The molecule has 1 heterocycles. The number of benzene rings is 2. The highest BCUT2D eigenvalue weighted by molar-refractivity contribution is 5.96. The number of likely N-dealkylation sites (tertiary alicyclic amines) is 1. The number of fused-ring (bicyclic) bond motifs is 1. The first-order valence-electron chi connectivity index (χ1n) is 13.1. The molecule has 1 amide bonds. The van der Waals surface area contributed by atoms with Crippen LogP contribution in [0, 0.1) is 18.7 Å². The van der Waals surface area contributed by atoms with Gasteiger partial charge in [-0.1, -0.05) is 38.8 Å². The van der Waals surface area contributed by atoms with Crippen molar-refractivity contribution in [3.05, 3.63) is 76.7 Å². The maximum absolute atomic E-state index is 13.7. The number of carbonyl (C=O) groups excluding carboxylic acids is 1. The zero-order valence-corrected chi connectivity index (χ0v) is 20.8. The maximum Gasteiger partial charge on any atom is 0.254 e. The monoisotopic (exact) mass is 462 g/mol. The van der Waals surface area contributed by atoms with Gasteiger partial charge >= 0.3 is 0 Å². The fourth-order valence-electron chi connectivity index (χ4n) is 5.82. The molecule has 2 unspecified atom stereocenters. The van der Waals surface area contributed by atoms with E-state index in [1.54, 1.807) is 6.07 Å². The number of rotatable bonds is 8. The van der Waals surface area contributed by atoms with E-state index in [9.17, 15) is 9.18 Å². The zero-order valence-electron chi connectivity index (χ0n) is 20.8. The van der Waals surface area contributed by atoms with E-state index in [2.05, 4.69) is 29.8 Å². The van der Waals surface area contributed by atoms with Gasteiger partial charge in [0, 0.05) is 36.0 Å². The van der Waals surface area contributed by atoms with Gasteiger partial charge in [0.05, 0.1) is 0 Å². The number of aryl methyl sites for hydroxylation is 2. The largest absolute Gasteiger partial charge is 0.359 e. The van der Waals surface area contributed by atoms with E-state index in [0.29, 0.717) is 18.4 Å². The molecule has 0 spiro atoms. The lowest BCUT2D eigenvalue weighted by molar-refractivity contribution is 0.0389. The molecule has 2 aromatic carbocycles. The number of carbonyl (C=O) groups is 1. The lowest BCUT2D eigenvalue weighted by atomic mass is 9.78. The van der Waals surface area contributed by atoms with E-state index in [4.69, 9.17) is 0 Å². The molecule has 0 bridgehead atoms. The SMILES string of the molecule is C=C(Cc1ccc(F)cc1C)Nc1ccc(C(=O)N2CCCC3CCCCC32)c(CCCC)c1. The first-order chi connectivity index (χ1) is 16.5. The van der Waals surface area contributed by atoms with Crippen LogP contribution in [0.15, 0.2) is 48.7 Å². The lowest BCUT2D eigenvalue weighted by Gasteiger charge is -2.44. The molecule has 34 heavy (non-hydrogen) atoms. The second-order valence-corrected chi connectivity index (χ2v) is 10.2. The van der Waals surface area contributed by atoms with Crippen LogP contribution in [0.5, 0.6) is 0 Å². The highest BCUT2D eigenvalue weighted by Crippen LogP contribution is 2.36. The Balaban J connectivity index is 1.51. The van der Waals surface area contributed by atoms with Crippen LogP contribution < -0.4 is 5.32 Å². The molecule has 4 rings (SSSR count). The van der Waals surface area contributed by atoms with Crippen LogP contribution in [-0.2, 0) is 12.8 Å². The van der Waals surface area contributed by atoms with Gasteiger partial charge in [0.2, 0.25) is 0 Å². The van der Waals surface area contributed by atoms with Gasteiger partial charge in [-0.25, -0.2) is 4.39 Å². The van der Waals surface area contributed by atoms with E-state index in [1.165, 1.54) is 31.7 Å². The molecule has 1 saturated carbocycles. The second-order valence-electron chi connectivity index (χ2n) is 10.2. The average Bonchev–Trinajstić information content (AvgIpc) is 2.84. The molecule has 1 saturated heterocycles. The summed E-state index contributed by atoms with van der Waals surface area (Å²) in [6, 6.07) is 11.5. The Kier molecular flexibility index (Phi) is 8.07. The summed E-state index contributed by atoms with van der Waals surface area (Å²) in [5, 5.41) is 3.43. The number of anilines is 1. The third-order valence-electron chi connectivity index (χ3n) is 7.67. The average molecular weight is 463 g/mol. The Hall–Kier alpha value is -2.62. The zero-order chi connectivity index (χ0) is 24.1. The fourth-order valence-corrected chi connectivity index (χ4v) is 5.82. The van der Waals surface area contributed by atoms with Gasteiger partial charge in [0.1, 0.15) is 5.82 Å². The quantitative estimate of drug-likeness (QED) is 0.442. The van der Waals surface area contributed by atoms with Gasteiger partial charge in [-0.15, -0.1) is 0 Å². The molecule has 0 radical (unpaired) electrons. The van der Waals surface area contributed by atoms with Crippen LogP contribution >= 0.6 is 0 Å². The summed E-state index contributed by atoms with van der Waals surface area (Å²) in [6.07, 6.45) is 11.1. The van der Waals surface area contributed by atoms with Gasteiger partial charge in [-0.05, 0) is 98.4 Å². The van der Waals surface area contributed by atoms with E-state index in [0.717, 1.165) is 72.3 Å². The predicted molar refractivity (Wildman–Crippen MR) is 139 cm³/mol. The number of nitrogens with zero attached hydrogens (tertiary/aromatic N) is 1. The minimum Gasteiger partial charge on any atom is -0.359 e. The molecule has 2 atom stereocenters. The van der Waals surface area contributed by atoms with Crippen molar-refractivity contribution in [3.8, 4) is 0 Å². The summed E-state index contributed by atoms with van der Waals surface area (Å²) in [5.74, 6) is 0.689. The second kappa shape index (κ2) is 11.2. The van der Waals surface area contributed by atoms with E-state index in [1.807, 2.05) is 25.1 Å². The summed E-state index contributed by atoms with van der Waals surface area (Å²) in [7, 11) is 0. The van der Waals surface area contributed by atoms with Crippen molar-refractivity contribution < 1.29 is 9.18 Å². The molecule has 0 aromatic heterocycles. The number of amides is 1. The van der Waals surface area contributed by atoms with Crippen molar-refractivity contribution in [3.63, 3.8) is 0 Å². The van der Waals surface area contributed by atoms with E-state index in [-0.39, 0.29) is 11.7 Å². The van der Waals surface area contributed by atoms with Crippen LogP contribution in [0.25, 0.3) is 0 Å². The Morgan fingerprint density at radius 2 is 1.88 bits per heavy atom. The first kappa shape index (κ1) is 24.5. The Morgan fingerprint density at radius 1 is 1.09 bits per heavy atom. The van der Waals surface area contributed by atoms with Crippen molar-refractivity contribution in [2.75, 3.05) is 11.9 Å². The van der Waals surface area contributed by atoms with Gasteiger partial charge < -0.3 is 10.2 Å². The molecular formula is C30H39FN2O. The molecule has 1 aliphatic carbocycles. The molecule has 2 aliphatic rings. The molecule has 1 N–H and O–H groups in total. The van der Waals surface area contributed by atoms with Crippen molar-refractivity contribution in [1.82, 2.24) is 4.90 Å². The number of hydrogen-bond donors (Lipinski definition) is 1. The molecular weight excluding hydrogens is 423 g/mol. The van der Waals surface area contributed by atoms with Crippen LogP contribution in [0.4, 0.5) is 10.1 Å². The van der Waals surface area contributed by atoms with Crippen LogP contribution in [0.1, 0.15) is 85.3 Å². The van der Waals surface area contributed by atoms with E-state index < -0.39 is 0 Å². The molecule has 4 heteroatoms. The third-order valence-corrected chi connectivity index (χ3v) is 7.67. The van der Waals surface area contributed by atoms with Gasteiger partial charge in [0.25, 0.3) is 5.91 Å². The minimum absolute atomic E-state index is 0.214. The fraction of sp³-hybridized carbons (Fsp3) is 0.500. The Bertz CT molecular complexity index is 1030. The topological polar surface area (TPSA) is 32.3 Å². The number of allylic oxidation sites excluding steroid dienone is 1. The molecule has 1 aliphatic heterocycles. The number of nitrogens with one attached hydrogen (secondary N) is 1. The van der Waals surface area contributed by atoms with Crippen molar-refractivity contribution in [2.45, 2.75) is 84.1 Å². The van der Waals surface area contributed by atoms with E-state index >= 15 is 0 Å². The number of hydrogen-bond acceptors (Lipinski definition) is 2. The third kappa shape index (κ3) is 5.71. The molecule has 2 fully saturated rings. The van der Waals surface area contributed by atoms with Crippen molar-refractivity contribution in [2.24, 2.45) is 5.92 Å². The summed E-state index contributed by atoms with van der Waals surface area (Å²) < 4.78 is 13.4. The highest BCUT2D eigenvalue weighted by Gasteiger charge is 2.36. The normalized spacial score (nSPS) is 20.0. The summed E-state index contributed by atoms with van der Waals surface area (Å²) in [4.78, 5) is 15.9. The highest BCUT2D eigenvalue weighted by atomic mass is 19.1. The standard InChI is InChI=1S/C30H39FN2O/c1-4-5-9-25-20-27(32-22(3)19-24-13-14-26(31)18-21(24)2)15-16-28(25)30(34)33-17-8-11-23-10-6-7-12-29(23)33/h13-16,18,20,23,29,32H,3-12,17,19H2,1-2H3. The number of halogens is 1. The number of unbranched alkanes of at least 4 members (excludes halogenated alkanes) is 1. The van der Waals surface area contributed by atoms with Gasteiger partial charge in [0.15, 0.2) is 0 Å². The minimum atomic E-state index is -0.214. The first-order valence-corrected chi connectivity index (χ1v) is 13.1. The summed E-state index contributed by atoms with van der Waals surface area (Å²) in [5.41, 5.74) is 5.79. The number of piperidine rings is 1. The molecule has 182 valence electrons. The van der Waals surface area contributed by atoms with Gasteiger partial charge in [-0.3, -0.25) is 4.79 Å². The van der Waals surface area contributed by atoms with Crippen LogP contribution in [0.3, 0.4) is 0 Å². The predicted octanol–water partition coefficient (Wildman–Crippen LogP) is 7.44. The van der Waals surface area contributed by atoms with Crippen molar-refractivity contribution in [1.29, 1.82) is 0 Å². The Morgan fingerprint density at radius 3 is 2.68 bits per heavy atom. The smallest absolute Gasteiger partial charge is 0.254 e. The van der Waals surface area contributed by atoms with Gasteiger partial charge in [-0.2, -0.15) is 0 Å². The molecule has 3 nitrogen and oxygen atoms in total. The van der Waals surface area contributed by atoms with Crippen LogP contribution in [-0.4, -0.2) is 23.4 Å². The molecule has 2 aromatic rings. The summed E-state index contributed by atoms with van der Waals surface area (Å²) in [6.45, 7) is 9.20. The Labute approximate surface area is 204 Å². The maximum atomic E-state index is 13.7.